The van der Waals surface area contributed by atoms with Crippen molar-refractivity contribution in [3.05, 3.63) is 75.7 Å². The van der Waals surface area contributed by atoms with Crippen LogP contribution in [0.4, 0.5) is 0 Å². The lowest BCUT2D eigenvalue weighted by molar-refractivity contribution is -0.129. The highest BCUT2D eigenvalue weighted by Gasteiger charge is 2.33. The van der Waals surface area contributed by atoms with Gasteiger partial charge in [-0.2, -0.15) is 0 Å². The van der Waals surface area contributed by atoms with Crippen LogP contribution in [-0.2, 0) is 16.0 Å². The fourth-order valence-electron chi connectivity index (χ4n) is 2.85. The van der Waals surface area contributed by atoms with E-state index in [1.807, 2.05) is 42.5 Å². The maximum atomic E-state index is 12.7. The summed E-state index contributed by atoms with van der Waals surface area (Å²) >= 11 is 12.6. The van der Waals surface area contributed by atoms with Gasteiger partial charge in [0.25, 0.3) is 5.91 Å². The molecule has 1 aliphatic heterocycles. The second-order valence-corrected chi connectivity index (χ2v) is 8.51. The number of nitrogens with one attached hydrogen (secondary N) is 1. The number of halogens is 1. The molecule has 2 amide bonds. The molecule has 0 saturated carbocycles. The van der Waals surface area contributed by atoms with Crippen LogP contribution in [0.25, 0.3) is 6.08 Å². The predicted octanol–water partition coefficient (Wildman–Crippen LogP) is 3.26. The van der Waals surface area contributed by atoms with Crippen LogP contribution in [0, 0.1) is 0 Å². The molecule has 0 radical (unpaired) electrons. The van der Waals surface area contributed by atoms with E-state index in [4.69, 9.17) is 23.8 Å². The first-order chi connectivity index (χ1) is 14.0. The third kappa shape index (κ3) is 5.67. The van der Waals surface area contributed by atoms with Crippen LogP contribution in [0.5, 0.6) is 0 Å². The first kappa shape index (κ1) is 21.5. The smallest absolute Gasteiger partial charge is 0.266 e. The molecule has 1 saturated heterocycles. The van der Waals surface area contributed by atoms with E-state index in [1.54, 1.807) is 18.2 Å². The molecule has 8 heteroatoms. The van der Waals surface area contributed by atoms with Crippen LogP contribution in [0.15, 0.2) is 59.5 Å². The molecule has 1 fully saturated rings. The molecule has 2 aromatic rings. The number of hydrogen-bond donors (Lipinski definition) is 2. The van der Waals surface area contributed by atoms with Gasteiger partial charge in [-0.05, 0) is 29.7 Å². The van der Waals surface area contributed by atoms with E-state index in [-0.39, 0.29) is 25.0 Å². The van der Waals surface area contributed by atoms with Crippen LogP contribution in [0.2, 0.25) is 5.02 Å². The Hall–Kier alpha value is -2.19. The molecule has 1 heterocycles. The Morgan fingerprint density at radius 1 is 1.21 bits per heavy atom. The second kappa shape index (κ2) is 10.0. The van der Waals surface area contributed by atoms with E-state index < -0.39 is 6.04 Å². The summed E-state index contributed by atoms with van der Waals surface area (Å²) in [6, 6.07) is 16.3. The molecule has 5 nitrogen and oxygen atoms in total. The lowest BCUT2D eigenvalue weighted by atomic mass is 10.1. The van der Waals surface area contributed by atoms with Gasteiger partial charge in [0.05, 0.1) is 17.6 Å². The average molecular weight is 447 g/mol. The summed E-state index contributed by atoms with van der Waals surface area (Å²) in [5.41, 5.74) is 1.71. The van der Waals surface area contributed by atoms with E-state index in [0.717, 1.165) is 17.3 Å². The molecule has 150 valence electrons. The molecule has 3 rings (SSSR count). The number of hydrogen-bond acceptors (Lipinski definition) is 5. The van der Waals surface area contributed by atoms with Crippen LogP contribution < -0.4 is 5.32 Å². The number of amides is 2. The normalized spacial score (nSPS) is 16.3. The monoisotopic (exact) mass is 446 g/mol. The Morgan fingerprint density at radius 2 is 1.90 bits per heavy atom. The second-order valence-electron chi connectivity index (χ2n) is 6.43. The van der Waals surface area contributed by atoms with Crippen molar-refractivity contribution >= 4 is 57.8 Å². The zero-order valence-corrected chi connectivity index (χ0v) is 17.8. The highest BCUT2D eigenvalue weighted by Crippen LogP contribution is 2.33. The summed E-state index contributed by atoms with van der Waals surface area (Å²) in [5.74, 6) is -0.714. The highest BCUT2D eigenvalue weighted by atomic mass is 35.5. The molecular formula is C21H19ClN2O3S2. The standard InChI is InChI=1S/C21H19ClN2O3S2/c22-17-9-5-4-8-15(17)11-18-20(27)24(21(28)29-18)12-19(26)23-16(13-25)10-14-6-2-1-3-7-14/h1-9,11,16,25H,10,12-13H2,(H,23,26)/t16-/m1/s1. The number of aliphatic hydroxyl groups excluding tert-OH is 1. The molecule has 1 aliphatic rings. The van der Waals surface area contributed by atoms with Crippen molar-refractivity contribution in [1.29, 1.82) is 0 Å². The predicted molar refractivity (Wildman–Crippen MR) is 120 cm³/mol. The van der Waals surface area contributed by atoms with Crippen molar-refractivity contribution in [2.45, 2.75) is 12.5 Å². The number of benzene rings is 2. The van der Waals surface area contributed by atoms with E-state index in [1.165, 1.54) is 4.90 Å². The fourth-order valence-corrected chi connectivity index (χ4v) is 4.28. The van der Waals surface area contributed by atoms with Gasteiger partial charge < -0.3 is 10.4 Å². The number of rotatable bonds is 7. The Labute approximate surface area is 183 Å². The molecular weight excluding hydrogens is 428 g/mol. The molecule has 2 N–H and O–H groups in total. The molecule has 2 aromatic carbocycles. The van der Waals surface area contributed by atoms with Gasteiger partial charge in [-0.25, -0.2) is 0 Å². The Kier molecular flexibility index (Phi) is 7.44. The quantitative estimate of drug-likeness (QED) is 0.504. The minimum Gasteiger partial charge on any atom is -0.394 e. The summed E-state index contributed by atoms with van der Waals surface area (Å²) in [5, 5.41) is 12.9. The number of carbonyl (C=O) groups excluding carboxylic acids is 2. The molecule has 0 bridgehead atoms. The Bertz CT molecular complexity index is 950. The molecule has 0 aliphatic carbocycles. The summed E-state index contributed by atoms with van der Waals surface area (Å²) < 4.78 is 0.312. The van der Waals surface area contributed by atoms with Crippen LogP contribution in [-0.4, -0.2) is 45.3 Å². The number of carbonyl (C=O) groups is 2. The van der Waals surface area contributed by atoms with Crippen molar-refractivity contribution in [1.82, 2.24) is 10.2 Å². The van der Waals surface area contributed by atoms with Gasteiger partial charge in [0.15, 0.2) is 0 Å². The molecule has 0 unspecified atom stereocenters. The first-order valence-corrected chi connectivity index (χ1v) is 10.5. The number of thioether (sulfide) groups is 1. The van der Waals surface area contributed by atoms with Gasteiger partial charge in [-0.3, -0.25) is 14.5 Å². The van der Waals surface area contributed by atoms with E-state index in [9.17, 15) is 14.7 Å². The van der Waals surface area contributed by atoms with Gasteiger partial charge >= 0.3 is 0 Å². The van der Waals surface area contributed by atoms with E-state index in [0.29, 0.717) is 26.2 Å². The first-order valence-electron chi connectivity index (χ1n) is 8.92. The largest absolute Gasteiger partial charge is 0.394 e. The van der Waals surface area contributed by atoms with Gasteiger partial charge in [-0.1, -0.05) is 84.1 Å². The van der Waals surface area contributed by atoms with Gasteiger partial charge in [0.1, 0.15) is 10.9 Å². The van der Waals surface area contributed by atoms with Crippen molar-refractivity contribution in [3.8, 4) is 0 Å². The summed E-state index contributed by atoms with van der Waals surface area (Å²) in [6.45, 7) is -0.402. The minimum absolute atomic E-state index is 0.199. The zero-order chi connectivity index (χ0) is 20.8. The van der Waals surface area contributed by atoms with Crippen LogP contribution >= 0.6 is 35.6 Å². The SMILES string of the molecule is O=C(CN1C(=O)C(=Cc2ccccc2Cl)SC1=S)N[C@@H](CO)Cc1ccccc1. The maximum absolute atomic E-state index is 12.7. The summed E-state index contributed by atoms with van der Waals surface area (Å²) in [6.07, 6.45) is 2.17. The van der Waals surface area contributed by atoms with Crippen molar-refractivity contribution in [2.24, 2.45) is 0 Å². The number of aliphatic hydroxyl groups is 1. The van der Waals surface area contributed by atoms with Crippen molar-refractivity contribution < 1.29 is 14.7 Å². The van der Waals surface area contributed by atoms with Crippen LogP contribution in [0.1, 0.15) is 11.1 Å². The van der Waals surface area contributed by atoms with E-state index in [2.05, 4.69) is 5.32 Å². The highest BCUT2D eigenvalue weighted by molar-refractivity contribution is 8.26. The zero-order valence-electron chi connectivity index (χ0n) is 15.4. The Morgan fingerprint density at radius 3 is 2.59 bits per heavy atom. The summed E-state index contributed by atoms with van der Waals surface area (Å²) in [4.78, 5) is 26.8. The summed E-state index contributed by atoms with van der Waals surface area (Å²) in [7, 11) is 0. The van der Waals surface area contributed by atoms with Crippen LogP contribution in [0.3, 0.4) is 0 Å². The van der Waals surface area contributed by atoms with E-state index >= 15 is 0 Å². The molecule has 0 spiro atoms. The van der Waals surface area contributed by atoms with Crippen molar-refractivity contribution in [3.63, 3.8) is 0 Å². The van der Waals surface area contributed by atoms with Gasteiger partial charge in [0, 0.05) is 5.02 Å². The Balaban J connectivity index is 1.63. The molecule has 1 atom stereocenters. The third-order valence-corrected chi connectivity index (χ3v) is 6.00. The van der Waals surface area contributed by atoms with Crippen molar-refractivity contribution in [2.75, 3.05) is 13.2 Å². The molecule has 0 aromatic heterocycles. The fraction of sp³-hybridized carbons (Fsp3) is 0.190. The third-order valence-electron chi connectivity index (χ3n) is 4.28. The van der Waals surface area contributed by atoms with Gasteiger partial charge in [0.2, 0.25) is 5.91 Å². The molecule has 29 heavy (non-hydrogen) atoms. The maximum Gasteiger partial charge on any atom is 0.266 e. The number of thiocarbonyl (C=S) groups is 1. The van der Waals surface area contributed by atoms with Gasteiger partial charge in [-0.15, -0.1) is 0 Å². The minimum atomic E-state index is -0.443. The lowest BCUT2D eigenvalue weighted by Crippen LogP contribution is -2.45. The number of nitrogens with zero attached hydrogens (tertiary/aromatic N) is 1. The average Bonchev–Trinajstić information content (AvgIpc) is 2.97. The topological polar surface area (TPSA) is 69.6 Å². The lowest BCUT2D eigenvalue weighted by Gasteiger charge is -2.19.